The lowest BCUT2D eigenvalue weighted by Gasteiger charge is -2.07. The number of hydrogen-bond acceptors (Lipinski definition) is 2. The van der Waals surface area contributed by atoms with Gasteiger partial charge in [-0.25, -0.2) is 6.57 Å². The summed E-state index contributed by atoms with van der Waals surface area (Å²) in [6.07, 6.45) is 0. The summed E-state index contributed by atoms with van der Waals surface area (Å²) in [5.41, 5.74) is 0. The lowest BCUT2D eigenvalue weighted by molar-refractivity contribution is -0.141. The molecule has 0 saturated carbocycles. The highest BCUT2D eigenvalue weighted by atomic mass is 16.4. The van der Waals surface area contributed by atoms with Crippen molar-refractivity contribution in [3.63, 3.8) is 0 Å². The summed E-state index contributed by atoms with van der Waals surface area (Å²) in [6, 6.07) is -1.77. The van der Waals surface area contributed by atoms with Gasteiger partial charge in [-0.2, -0.15) is 0 Å². The zero-order valence-electron chi connectivity index (χ0n) is 6.87. The van der Waals surface area contributed by atoms with E-state index in [-0.39, 0.29) is 0 Å². The molecule has 1 amide bonds. The van der Waals surface area contributed by atoms with Crippen LogP contribution in [0.5, 0.6) is 0 Å². The third kappa shape index (κ3) is 3.01. The van der Waals surface area contributed by atoms with Crippen LogP contribution in [-0.2, 0) is 9.59 Å². The van der Waals surface area contributed by atoms with Crippen LogP contribution in [0.15, 0.2) is 0 Å². The van der Waals surface area contributed by atoms with Crippen molar-refractivity contribution in [1.29, 1.82) is 0 Å². The Morgan fingerprint density at radius 3 is 2.33 bits per heavy atom. The molecule has 0 aliphatic heterocycles. The van der Waals surface area contributed by atoms with Crippen molar-refractivity contribution in [3.05, 3.63) is 11.4 Å². The van der Waals surface area contributed by atoms with Crippen LogP contribution in [0.1, 0.15) is 13.8 Å². The molecule has 12 heavy (non-hydrogen) atoms. The molecular formula is C7H10N2O3. The third-order valence-electron chi connectivity index (χ3n) is 1.30. The Morgan fingerprint density at radius 1 is 1.50 bits per heavy atom. The highest BCUT2D eigenvalue weighted by Crippen LogP contribution is 1.90. The number of carboxylic acids is 1. The van der Waals surface area contributed by atoms with Gasteiger partial charge in [-0.15, -0.1) is 0 Å². The molecule has 0 saturated heterocycles. The minimum Gasteiger partial charge on any atom is -0.480 e. The number of amides is 1. The van der Waals surface area contributed by atoms with Crippen molar-refractivity contribution in [2.75, 3.05) is 0 Å². The molecule has 0 bridgehead atoms. The predicted octanol–water partition coefficient (Wildman–Crippen LogP) is -0.117. The van der Waals surface area contributed by atoms with Gasteiger partial charge in [0.2, 0.25) is 0 Å². The lowest BCUT2D eigenvalue weighted by Crippen LogP contribution is -2.41. The number of carbonyl (C=O) groups is 2. The first-order chi connectivity index (χ1) is 5.49. The van der Waals surface area contributed by atoms with Gasteiger partial charge in [0, 0.05) is 6.92 Å². The molecule has 0 spiro atoms. The maximum absolute atomic E-state index is 10.9. The number of hydrogen-bond donors (Lipinski definition) is 2. The molecule has 0 aliphatic rings. The summed E-state index contributed by atoms with van der Waals surface area (Å²) < 4.78 is 0. The Labute approximate surface area is 70.2 Å². The van der Waals surface area contributed by atoms with E-state index in [4.69, 9.17) is 11.7 Å². The van der Waals surface area contributed by atoms with Gasteiger partial charge >= 0.3 is 11.9 Å². The van der Waals surface area contributed by atoms with Gasteiger partial charge in [0.25, 0.3) is 6.04 Å². The smallest absolute Gasteiger partial charge is 0.325 e. The van der Waals surface area contributed by atoms with E-state index in [1.165, 1.54) is 13.8 Å². The number of carbonyl (C=O) groups excluding carboxylic acids is 1. The SMILES string of the molecule is [C-]#[N+][C@H](C)C(=O)N[C@H](C)C(=O)O. The van der Waals surface area contributed by atoms with Gasteiger partial charge < -0.3 is 15.3 Å². The maximum Gasteiger partial charge on any atom is 0.325 e. The second-order valence-corrected chi connectivity index (χ2v) is 2.37. The van der Waals surface area contributed by atoms with E-state index in [1.807, 2.05) is 0 Å². The molecule has 5 heteroatoms. The fourth-order valence-electron chi connectivity index (χ4n) is 0.454. The fourth-order valence-corrected chi connectivity index (χ4v) is 0.454. The van der Waals surface area contributed by atoms with E-state index in [1.54, 1.807) is 0 Å². The molecule has 0 heterocycles. The Bertz CT molecular complexity index is 231. The molecule has 0 unspecified atom stereocenters. The fraction of sp³-hybridized carbons (Fsp3) is 0.571. The second kappa shape index (κ2) is 4.34. The summed E-state index contributed by atoms with van der Waals surface area (Å²) in [5, 5.41) is 10.6. The van der Waals surface area contributed by atoms with E-state index < -0.39 is 24.0 Å². The molecular weight excluding hydrogens is 160 g/mol. The molecule has 0 aromatic carbocycles. The van der Waals surface area contributed by atoms with Gasteiger partial charge in [0.05, 0.1) is 0 Å². The van der Waals surface area contributed by atoms with Crippen molar-refractivity contribution in [3.8, 4) is 0 Å². The average molecular weight is 170 g/mol. The van der Waals surface area contributed by atoms with E-state index >= 15 is 0 Å². The molecule has 0 radical (unpaired) electrons. The van der Waals surface area contributed by atoms with Gasteiger partial charge in [0.15, 0.2) is 0 Å². The Balaban J connectivity index is 4.03. The molecule has 2 N–H and O–H groups in total. The molecule has 66 valence electrons. The molecule has 0 aromatic heterocycles. The van der Waals surface area contributed by atoms with Crippen molar-refractivity contribution in [1.82, 2.24) is 5.32 Å². The molecule has 0 aromatic rings. The van der Waals surface area contributed by atoms with Gasteiger partial charge in [-0.1, -0.05) is 0 Å². The van der Waals surface area contributed by atoms with Gasteiger partial charge in [-0.05, 0) is 6.92 Å². The lowest BCUT2D eigenvalue weighted by atomic mass is 10.3. The van der Waals surface area contributed by atoms with Crippen molar-refractivity contribution >= 4 is 11.9 Å². The topological polar surface area (TPSA) is 70.8 Å². The second-order valence-electron chi connectivity index (χ2n) is 2.37. The zero-order chi connectivity index (χ0) is 9.72. The highest BCUT2D eigenvalue weighted by molar-refractivity contribution is 5.87. The Morgan fingerprint density at radius 2 is 2.00 bits per heavy atom. The summed E-state index contributed by atoms with van der Waals surface area (Å²) in [4.78, 5) is 24.1. The van der Waals surface area contributed by atoms with Gasteiger partial charge in [0.1, 0.15) is 6.04 Å². The van der Waals surface area contributed by atoms with Crippen LogP contribution in [0.3, 0.4) is 0 Å². The number of aliphatic carboxylic acids is 1. The standard InChI is InChI=1S/C7H10N2O3/c1-4(8-3)6(10)9-5(2)7(11)12/h4-5H,1-2H3,(H,9,10)(H,11,12)/t4-,5-/m1/s1. The van der Waals surface area contributed by atoms with Crippen LogP contribution in [0, 0.1) is 6.57 Å². The molecule has 0 fully saturated rings. The van der Waals surface area contributed by atoms with Crippen LogP contribution in [0.2, 0.25) is 0 Å². The molecule has 2 atom stereocenters. The van der Waals surface area contributed by atoms with Crippen molar-refractivity contribution in [2.24, 2.45) is 0 Å². The third-order valence-corrected chi connectivity index (χ3v) is 1.30. The quantitative estimate of drug-likeness (QED) is 0.580. The first-order valence-electron chi connectivity index (χ1n) is 3.38. The van der Waals surface area contributed by atoms with Crippen LogP contribution in [0.4, 0.5) is 0 Å². The maximum atomic E-state index is 10.9. The summed E-state index contributed by atoms with van der Waals surface area (Å²) in [6.45, 7) is 9.27. The number of nitrogens with one attached hydrogen (secondary N) is 1. The monoisotopic (exact) mass is 170 g/mol. The first-order valence-corrected chi connectivity index (χ1v) is 3.38. The number of rotatable bonds is 3. The van der Waals surface area contributed by atoms with Gasteiger partial charge in [-0.3, -0.25) is 9.59 Å². The Kier molecular flexibility index (Phi) is 3.77. The van der Waals surface area contributed by atoms with Crippen molar-refractivity contribution in [2.45, 2.75) is 25.9 Å². The normalized spacial score (nSPS) is 14.1. The summed E-state index contributed by atoms with van der Waals surface area (Å²) in [7, 11) is 0. The highest BCUT2D eigenvalue weighted by Gasteiger charge is 2.21. The minimum absolute atomic E-state index is 0.556. The van der Waals surface area contributed by atoms with Crippen LogP contribution < -0.4 is 5.32 Å². The van der Waals surface area contributed by atoms with Crippen LogP contribution in [0.25, 0.3) is 4.85 Å². The van der Waals surface area contributed by atoms with Crippen LogP contribution in [-0.4, -0.2) is 29.1 Å². The first kappa shape index (κ1) is 10.4. The molecule has 0 aliphatic carbocycles. The van der Waals surface area contributed by atoms with Crippen LogP contribution >= 0.6 is 0 Å². The van der Waals surface area contributed by atoms with E-state index in [2.05, 4.69) is 10.2 Å². The van der Waals surface area contributed by atoms with E-state index in [0.29, 0.717) is 0 Å². The van der Waals surface area contributed by atoms with Crippen molar-refractivity contribution < 1.29 is 14.7 Å². The summed E-state index contributed by atoms with van der Waals surface area (Å²) >= 11 is 0. The largest absolute Gasteiger partial charge is 0.480 e. The zero-order valence-corrected chi connectivity index (χ0v) is 6.87. The predicted molar refractivity (Wildman–Crippen MR) is 41.3 cm³/mol. The number of nitrogens with zero attached hydrogens (tertiary/aromatic N) is 1. The Hall–Kier alpha value is -1.57. The average Bonchev–Trinajstić information content (AvgIpc) is 2.02. The number of carboxylic acid groups (broad SMARTS) is 1. The summed E-state index contributed by atoms with van der Waals surface area (Å²) in [5.74, 6) is -1.67. The molecule has 5 nitrogen and oxygen atoms in total. The molecule has 0 rings (SSSR count). The van der Waals surface area contributed by atoms with E-state index in [0.717, 1.165) is 0 Å². The minimum atomic E-state index is -1.11. The van der Waals surface area contributed by atoms with E-state index in [9.17, 15) is 9.59 Å².